The lowest BCUT2D eigenvalue weighted by atomic mass is 10.3. The summed E-state index contributed by atoms with van der Waals surface area (Å²) < 4.78 is 0. The van der Waals surface area contributed by atoms with Gasteiger partial charge in [0.05, 0.1) is 11.9 Å². The van der Waals surface area contributed by atoms with Gasteiger partial charge in [-0.05, 0) is 30.7 Å². The van der Waals surface area contributed by atoms with Crippen molar-refractivity contribution in [1.29, 1.82) is 0 Å². The van der Waals surface area contributed by atoms with Crippen LogP contribution in [0.2, 0.25) is 0 Å². The fourth-order valence-corrected chi connectivity index (χ4v) is 2.85. The lowest BCUT2D eigenvalue weighted by molar-refractivity contribution is 0.969. The van der Waals surface area contributed by atoms with Crippen molar-refractivity contribution in [2.75, 3.05) is 16.5 Å². The minimum atomic E-state index is 0.719. The Kier molecular flexibility index (Phi) is 3.42. The van der Waals surface area contributed by atoms with Crippen LogP contribution in [-0.4, -0.2) is 16.6 Å². The normalized spacial score (nSPS) is 13.3. The minimum Gasteiger partial charge on any atom is -0.305 e. The van der Waals surface area contributed by atoms with Gasteiger partial charge >= 0.3 is 0 Å². The van der Waals surface area contributed by atoms with Gasteiger partial charge in [0, 0.05) is 11.4 Å². The molecule has 3 aromatic rings. The molecule has 1 aromatic heterocycles. The van der Waals surface area contributed by atoms with Crippen LogP contribution in [0.1, 0.15) is 12.6 Å². The van der Waals surface area contributed by atoms with Gasteiger partial charge in [-0.25, -0.2) is 9.97 Å². The molecule has 0 amide bonds. The Labute approximate surface area is 136 Å². The molecule has 0 spiro atoms. The second kappa shape index (κ2) is 5.72. The standard InChI is InChI=1S/C19H18N4/c1-2-15-13-20-18-19(21-15)23(17-11-7-4-8-12-17)14-22(18)16-9-5-3-6-10-16/h3-13H,2,14H2,1H3. The number of benzene rings is 2. The largest absolute Gasteiger partial charge is 0.305 e. The number of aromatic nitrogens is 2. The summed E-state index contributed by atoms with van der Waals surface area (Å²) in [6.45, 7) is 2.82. The summed E-state index contributed by atoms with van der Waals surface area (Å²) in [7, 11) is 0. The van der Waals surface area contributed by atoms with Crippen LogP contribution in [0.25, 0.3) is 0 Å². The fourth-order valence-electron chi connectivity index (χ4n) is 2.85. The molecule has 4 nitrogen and oxygen atoms in total. The SMILES string of the molecule is CCc1cnc2c(n1)N(c1ccccc1)CN2c1ccccc1. The molecular weight excluding hydrogens is 284 g/mol. The van der Waals surface area contributed by atoms with E-state index >= 15 is 0 Å². The van der Waals surface area contributed by atoms with Gasteiger partial charge in [0.1, 0.15) is 6.67 Å². The molecule has 1 aliphatic rings. The number of nitrogens with zero attached hydrogens (tertiary/aromatic N) is 4. The summed E-state index contributed by atoms with van der Waals surface area (Å²) in [6.07, 6.45) is 2.76. The maximum absolute atomic E-state index is 4.83. The average molecular weight is 302 g/mol. The van der Waals surface area contributed by atoms with E-state index in [1.807, 2.05) is 30.5 Å². The maximum atomic E-state index is 4.83. The fraction of sp³-hybridized carbons (Fsp3) is 0.158. The van der Waals surface area contributed by atoms with Gasteiger partial charge in [-0.1, -0.05) is 43.3 Å². The van der Waals surface area contributed by atoms with Crippen LogP contribution >= 0.6 is 0 Å². The lowest BCUT2D eigenvalue weighted by Crippen LogP contribution is -2.24. The second-order valence-corrected chi connectivity index (χ2v) is 5.53. The Balaban J connectivity index is 1.83. The topological polar surface area (TPSA) is 32.3 Å². The quantitative estimate of drug-likeness (QED) is 0.722. The van der Waals surface area contributed by atoms with E-state index in [0.29, 0.717) is 0 Å². The molecule has 0 saturated heterocycles. The molecule has 1 aliphatic heterocycles. The molecule has 0 fully saturated rings. The van der Waals surface area contributed by atoms with Crippen molar-refractivity contribution in [1.82, 2.24) is 9.97 Å². The van der Waals surface area contributed by atoms with E-state index in [1.165, 1.54) is 0 Å². The molecule has 0 saturated carbocycles. The van der Waals surface area contributed by atoms with Crippen LogP contribution in [0, 0.1) is 0 Å². The van der Waals surface area contributed by atoms with Crippen LogP contribution in [0.3, 0.4) is 0 Å². The van der Waals surface area contributed by atoms with Gasteiger partial charge in [-0.15, -0.1) is 0 Å². The van der Waals surface area contributed by atoms with Gasteiger partial charge in [0.2, 0.25) is 0 Å². The molecule has 0 radical (unpaired) electrons. The first-order valence-corrected chi connectivity index (χ1v) is 7.88. The molecule has 23 heavy (non-hydrogen) atoms. The molecule has 2 heterocycles. The van der Waals surface area contributed by atoms with E-state index < -0.39 is 0 Å². The monoisotopic (exact) mass is 302 g/mol. The van der Waals surface area contributed by atoms with Gasteiger partial charge in [0.25, 0.3) is 0 Å². The first kappa shape index (κ1) is 13.8. The highest BCUT2D eigenvalue weighted by molar-refractivity contribution is 5.81. The summed E-state index contributed by atoms with van der Waals surface area (Å²) in [6, 6.07) is 20.7. The summed E-state index contributed by atoms with van der Waals surface area (Å²) in [5, 5.41) is 0. The predicted molar refractivity (Wildman–Crippen MR) is 93.4 cm³/mol. The van der Waals surface area contributed by atoms with E-state index in [-0.39, 0.29) is 0 Å². The van der Waals surface area contributed by atoms with Crippen molar-refractivity contribution in [3.63, 3.8) is 0 Å². The number of hydrogen-bond acceptors (Lipinski definition) is 4. The van der Waals surface area contributed by atoms with Crippen molar-refractivity contribution in [2.45, 2.75) is 13.3 Å². The molecule has 0 bridgehead atoms. The van der Waals surface area contributed by atoms with E-state index in [0.717, 1.165) is 41.8 Å². The maximum Gasteiger partial charge on any atom is 0.178 e. The third kappa shape index (κ3) is 2.42. The molecular formula is C19H18N4. The van der Waals surface area contributed by atoms with Crippen molar-refractivity contribution in [3.8, 4) is 0 Å². The Bertz CT molecular complexity index is 802. The first-order chi connectivity index (χ1) is 11.4. The summed E-state index contributed by atoms with van der Waals surface area (Å²) >= 11 is 0. The van der Waals surface area contributed by atoms with Gasteiger partial charge < -0.3 is 9.80 Å². The van der Waals surface area contributed by atoms with E-state index in [1.54, 1.807) is 0 Å². The third-order valence-electron chi connectivity index (χ3n) is 4.08. The Hall–Kier alpha value is -2.88. The molecule has 0 N–H and O–H groups in total. The van der Waals surface area contributed by atoms with Gasteiger partial charge in [-0.3, -0.25) is 0 Å². The second-order valence-electron chi connectivity index (χ2n) is 5.53. The summed E-state index contributed by atoms with van der Waals surface area (Å²) in [5.74, 6) is 1.84. The number of aryl methyl sites for hydroxylation is 1. The molecule has 0 aliphatic carbocycles. The number of rotatable bonds is 3. The van der Waals surface area contributed by atoms with E-state index in [4.69, 9.17) is 4.98 Å². The van der Waals surface area contributed by atoms with Crippen molar-refractivity contribution < 1.29 is 0 Å². The zero-order chi connectivity index (χ0) is 15.6. The molecule has 4 heteroatoms. The van der Waals surface area contributed by atoms with Gasteiger partial charge in [-0.2, -0.15) is 0 Å². The molecule has 0 atom stereocenters. The number of fused-ring (bicyclic) bond motifs is 1. The average Bonchev–Trinajstić information content (AvgIpc) is 3.02. The highest BCUT2D eigenvalue weighted by atomic mass is 15.4. The van der Waals surface area contributed by atoms with Crippen LogP contribution in [0.15, 0.2) is 66.9 Å². The van der Waals surface area contributed by atoms with Crippen LogP contribution in [0.4, 0.5) is 23.0 Å². The van der Waals surface area contributed by atoms with Crippen LogP contribution in [0.5, 0.6) is 0 Å². The summed E-state index contributed by atoms with van der Waals surface area (Å²) in [5.41, 5.74) is 3.28. The molecule has 4 rings (SSSR count). The third-order valence-corrected chi connectivity index (χ3v) is 4.08. The molecule has 0 unspecified atom stereocenters. The minimum absolute atomic E-state index is 0.719. The number of para-hydroxylation sites is 2. The molecule has 114 valence electrons. The Morgan fingerprint density at radius 3 is 1.96 bits per heavy atom. The van der Waals surface area contributed by atoms with E-state index in [9.17, 15) is 0 Å². The first-order valence-electron chi connectivity index (χ1n) is 7.88. The Morgan fingerprint density at radius 1 is 0.826 bits per heavy atom. The highest BCUT2D eigenvalue weighted by Gasteiger charge is 2.30. The van der Waals surface area contributed by atoms with Crippen LogP contribution in [-0.2, 0) is 6.42 Å². The highest BCUT2D eigenvalue weighted by Crippen LogP contribution is 2.41. The number of hydrogen-bond donors (Lipinski definition) is 0. The van der Waals surface area contributed by atoms with Crippen LogP contribution < -0.4 is 9.80 Å². The predicted octanol–water partition coefficient (Wildman–Crippen LogP) is 4.29. The number of anilines is 4. The van der Waals surface area contributed by atoms with Gasteiger partial charge in [0.15, 0.2) is 11.6 Å². The lowest BCUT2D eigenvalue weighted by Gasteiger charge is -2.20. The zero-order valence-electron chi connectivity index (χ0n) is 13.1. The van der Waals surface area contributed by atoms with E-state index in [2.05, 4.69) is 58.1 Å². The summed E-state index contributed by atoms with van der Waals surface area (Å²) in [4.78, 5) is 13.9. The Morgan fingerprint density at radius 2 is 1.39 bits per heavy atom. The smallest absolute Gasteiger partial charge is 0.178 e. The van der Waals surface area contributed by atoms with Crippen molar-refractivity contribution in [2.24, 2.45) is 0 Å². The molecule has 2 aromatic carbocycles. The van der Waals surface area contributed by atoms with Crippen molar-refractivity contribution in [3.05, 3.63) is 72.6 Å². The van der Waals surface area contributed by atoms with Crippen molar-refractivity contribution >= 4 is 23.0 Å². The zero-order valence-corrected chi connectivity index (χ0v) is 13.1.